The zero-order valence-corrected chi connectivity index (χ0v) is 9.44. The van der Waals surface area contributed by atoms with E-state index in [4.69, 9.17) is 0 Å². The van der Waals surface area contributed by atoms with Crippen LogP contribution in [0.3, 0.4) is 0 Å². The Kier molecular flexibility index (Phi) is 2.65. The topological polar surface area (TPSA) is 12.4 Å². The molecule has 1 atom stereocenters. The van der Waals surface area contributed by atoms with Crippen LogP contribution in [0.2, 0.25) is 0 Å². The summed E-state index contributed by atoms with van der Waals surface area (Å²) in [4.78, 5) is 4.22. The second-order valence-electron chi connectivity index (χ2n) is 3.71. The van der Waals surface area contributed by atoms with Crippen molar-refractivity contribution in [3.8, 4) is 0 Å². The highest BCUT2D eigenvalue weighted by molar-refractivity contribution is 8.14. The lowest BCUT2D eigenvalue weighted by Crippen LogP contribution is -2.19. The van der Waals surface area contributed by atoms with Crippen LogP contribution in [0.5, 0.6) is 0 Å². The fourth-order valence-corrected chi connectivity index (χ4v) is 2.18. The van der Waals surface area contributed by atoms with Crippen molar-refractivity contribution in [1.29, 1.82) is 0 Å². The number of nitrogens with zero attached hydrogens (tertiary/aromatic N) is 1. The summed E-state index contributed by atoms with van der Waals surface area (Å²) < 4.78 is 13.9. The van der Waals surface area contributed by atoms with Crippen LogP contribution in [0.15, 0.2) is 34.7 Å². The maximum atomic E-state index is 13.9. The maximum absolute atomic E-state index is 13.9. The van der Waals surface area contributed by atoms with Crippen LogP contribution in [0, 0.1) is 12.7 Å². The monoisotopic (exact) mass is 220 g/mol. The number of thioether (sulfide) groups is 1. The predicted octanol–water partition coefficient (Wildman–Crippen LogP) is 3.52. The minimum Gasteiger partial charge on any atom is -0.260 e. The van der Waals surface area contributed by atoms with E-state index < -0.39 is 5.54 Å². The average Bonchev–Trinajstić information content (AvgIpc) is 2.23. The molecule has 0 spiro atoms. The van der Waals surface area contributed by atoms with E-state index in [1.807, 2.05) is 24.5 Å². The molecule has 1 aliphatic rings. The van der Waals surface area contributed by atoms with Crippen molar-refractivity contribution in [3.63, 3.8) is 0 Å². The summed E-state index contributed by atoms with van der Waals surface area (Å²) in [6, 6.07) is 5.38. The van der Waals surface area contributed by atoms with Gasteiger partial charge in [0.15, 0.2) is 0 Å². The van der Waals surface area contributed by atoms with Gasteiger partial charge in [-0.15, -0.1) is 0 Å². The molecule has 3 heteroatoms. The van der Waals surface area contributed by atoms with E-state index in [0.29, 0.717) is 11.1 Å². The zero-order chi connectivity index (χ0) is 10.9. The molecule has 2 rings (SSSR count). The van der Waals surface area contributed by atoms with Crippen molar-refractivity contribution in [2.45, 2.75) is 19.4 Å². The van der Waals surface area contributed by atoms with Crippen LogP contribution < -0.4 is 0 Å². The molecule has 0 amide bonds. The summed E-state index contributed by atoms with van der Waals surface area (Å²) in [7, 11) is 0. The normalized spacial score (nSPS) is 24.5. The van der Waals surface area contributed by atoms with Gasteiger partial charge in [0.2, 0.25) is 0 Å². The van der Waals surface area contributed by atoms with Crippen LogP contribution in [-0.4, -0.2) is 5.55 Å². The van der Waals surface area contributed by atoms with Crippen molar-refractivity contribution in [1.82, 2.24) is 0 Å². The Bertz CT molecular complexity index is 425. The molecule has 1 aliphatic heterocycles. The number of rotatable bonds is 1. The summed E-state index contributed by atoms with van der Waals surface area (Å²) in [6.07, 6.45) is 1.89. The van der Waals surface area contributed by atoms with Crippen molar-refractivity contribution < 1.29 is 4.39 Å². The van der Waals surface area contributed by atoms with E-state index in [2.05, 4.69) is 10.5 Å². The van der Waals surface area contributed by atoms with E-state index in [0.717, 1.165) is 0 Å². The summed E-state index contributed by atoms with van der Waals surface area (Å²) in [5.74, 6) is -0.179. The molecule has 0 fully saturated rings. The van der Waals surface area contributed by atoms with Crippen LogP contribution in [0.1, 0.15) is 18.1 Å². The Hall–Kier alpha value is -1.09. The SMILES string of the molecule is Cc1cccc([C@]2(C)C=CS[C]=N2)c1F. The summed E-state index contributed by atoms with van der Waals surface area (Å²) in [6.45, 7) is 3.64. The van der Waals surface area contributed by atoms with Crippen molar-refractivity contribution in [3.05, 3.63) is 46.6 Å². The molecule has 15 heavy (non-hydrogen) atoms. The first-order valence-corrected chi connectivity index (χ1v) is 5.57. The third kappa shape index (κ3) is 1.84. The highest BCUT2D eigenvalue weighted by atomic mass is 32.2. The summed E-state index contributed by atoms with van der Waals surface area (Å²) >= 11 is 1.38. The van der Waals surface area contributed by atoms with Gasteiger partial charge in [0.25, 0.3) is 0 Å². The Morgan fingerprint density at radius 1 is 1.47 bits per heavy atom. The van der Waals surface area contributed by atoms with Crippen LogP contribution >= 0.6 is 11.8 Å². The highest BCUT2D eigenvalue weighted by Gasteiger charge is 2.27. The molecule has 0 saturated heterocycles. The third-order valence-corrected chi connectivity index (χ3v) is 3.00. The van der Waals surface area contributed by atoms with Crippen LogP contribution in [-0.2, 0) is 5.54 Å². The van der Waals surface area contributed by atoms with Crippen LogP contribution in [0.4, 0.5) is 4.39 Å². The van der Waals surface area contributed by atoms with E-state index in [9.17, 15) is 4.39 Å². The Morgan fingerprint density at radius 3 is 2.93 bits per heavy atom. The fourth-order valence-electron chi connectivity index (χ4n) is 1.54. The lowest BCUT2D eigenvalue weighted by molar-refractivity contribution is 0.541. The minimum absolute atomic E-state index is 0.179. The predicted molar refractivity (Wildman–Crippen MR) is 62.7 cm³/mol. The molecular weight excluding hydrogens is 209 g/mol. The van der Waals surface area contributed by atoms with Gasteiger partial charge >= 0.3 is 0 Å². The number of halogens is 1. The van der Waals surface area contributed by atoms with Crippen LogP contribution in [0.25, 0.3) is 0 Å². The number of benzene rings is 1. The summed E-state index contributed by atoms with van der Waals surface area (Å²) in [5, 5.41) is 1.88. The van der Waals surface area contributed by atoms with Gasteiger partial charge in [-0.05, 0) is 30.9 Å². The second kappa shape index (κ2) is 3.81. The van der Waals surface area contributed by atoms with Crippen molar-refractivity contribution in [2.24, 2.45) is 4.99 Å². The third-order valence-electron chi connectivity index (χ3n) is 2.53. The molecule has 1 heterocycles. The number of hydrogen-bond acceptors (Lipinski definition) is 2. The van der Waals surface area contributed by atoms with Gasteiger partial charge in [0.1, 0.15) is 16.9 Å². The van der Waals surface area contributed by atoms with E-state index in [1.54, 1.807) is 19.1 Å². The largest absolute Gasteiger partial charge is 0.260 e. The molecule has 1 aromatic carbocycles. The van der Waals surface area contributed by atoms with Crippen molar-refractivity contribution in [2.75, 3.05) is 0 Å². The molecule has 0 bridgehead atoms. The second-order valence-corrected chi connectivity index (χ2v) is 4.40. The van der Waals surface area contributed by atoms with Gasteiger partial charge in [-0.1, -0.05) is 30.0 Å². The Morgan fingerprint density at radius 2 is 2.27 bits per heavy atom. The van der Waals surface area contributed by atoms with Gasteiger partial charge < -0.3 is 0 Å². The van der Waals surface area contributed by atoms with E-state index in [-0.39, 0.29) is 5.82 Å². The molecule has 1 aromatic rings. The maximum Gasteiger partial charge on any atom is 0.132 e. The Balaban J connectivity index is 2.53. The van der Waals surface area contributed by atoms with Crippen molar-refractivity contribution >= 4 is 17.3 Å². The number of hydrogen-bond donors (Lipinski definition) is 0. The lowest BCUT2D eigenvalue weighted by Gasteiger charge is -2.24. The van der Waals surface area contributed by atoms with Gasteiger partial charge in [0, 0.05) is 5.56 Å². The molecule has 1 nitrogen and oxygen atoms in total. The van der Waals surface area contributed by atoms with E-state index >= 15 is 0 Å². The highest BCUT2D eigenvalue weighted by Crippen LogP contribution is 2.33. The smallest absolute Gasteiger partial charge is 0.132 e. The standard InChI is InChI=1S/C12H11FNS/c1-9-4-3-5-10(11(9)13)12(2)6-7-15-8-14-12/h3-7H,1-2H3/t12-/m0/s1. The lowest BCUT2D eigenvalue weighted by atomic mass is 9.91. The first kappa shape index (κ1) is 10.4. The molecule has 0 N–H and O–H groups in total. The quantitative estimate of drug-likeness (QED) is 0.705. The molecule has 0 unspecified atom stereocenters. The molecule has 0 aromatic heterocycles. The molecular formula is C12H11FNS. The summed E-state index contributed by atoms with van der Waals surface area (Å²) in [5.41, 5.74) is 3.45. The first-order valence-electron chi connectivity index (χ1n) is 4.69. The Labute approximate surface area is 93.1 Å². The van der Waals surface area contributed by atoms with Gasteiger partial charge in [-0.25, -0.2) is 4.39 Å². The fraction of sp³-hybridized carbons (Fsp3) is 0.250. The number of aryl methyl sites for hydroxylation is 1. The van der Waals surface area contributed by atoms with Gasteiger partial charge in [-0.2, -0.15) is 0 Å². The van der Waals surface area contributed by atoms with E-state index in [1.165, 1.54) is 11.8 Å². The molecule has 0 saturated carbocycles. The molecule has 1 radical (unpaired) electrons. The zero-order valence-electron chi connectivity index (χ0n) is 8.62. The van der Waals surface area contributed by atoms with Gasteiger partial charge in [-0.3, -0.25) is 4.99 Å². The minimum atomic E-state index is -0.610. The molecule has 0 aliphatic carbocycles. The molecule has 77 valence electrons. The van der Waals surface area contributed by atoms with Gasteiger partial charge in [0.05, 0.1) is 0 Å². The number of aliphatic imine (C=N–C) groups is 1. The average molecular weight is 220 g/mol. The first-order chi connectivity index (χ1) is 7.13.